The Bertz CT molecular complexity index is 565. The average molecular weight is 440 g/mol. The monoisotopic (exact) mass is 440 g/mol. The molecule has 0 radical (unpaired) electrons. The number of aliphatic hydroxyl groups excluding tert-OH is 1. The number of hydrogen-bond donors (Lipinski definition) is 2. The molecule has 0 aliphatic heterocycles. The van der Waals surface area contributed by atoms with Gasteiger partial charge in [0.05, 0.1) is 0 Å². The van der Waals surface area contributed by atoms with E-state index in [0.29, 0.717) is 3.74 Å². The number of hydroxylamine groups is 2. The van der Waals surface area contributed by atoms with E-state index in [-0.39, 0.29) is 28.9 Å². The van der Waals surface area contributed by atoms with Gasteiger partial charge in [-0.05, 0) is 26.0 Å². The number of nitrogens with one attached hydrogen (secondary N) is 1. The third-order valence-electron chi connectivity index (χ3n) is 2.79. The smallest absolute Gasteiger partial charge is 0.0267 e. The first-order chi connectivity index (χ1) is 13.1. The summed E-state index contributed by atoms with van der Waals surface area (Å²) in [7, 11) is 0. The Morgan fingerprint density at radius 3 is 1.61 bits per heavy atom. The van der Waals surface area contributed by atoms with Crippen molar-refractivity contribution in [1.82, 2.24) is 10.5 Å². The summed E-state index contributed by atoms with van der Waals surface area (Å²) in [5.41, 5.74) is 2.41. The van der Waals surface area contributed by atoms with Crippen molar-refractivity contribution < 1.29 is 24.4 Å². The van der Waals surface area contributed by atoms with Crippen LogP contribution in [0.2, 0.25) is 0 Å². The molecule has 1 aromatic rings. The van der Waals surface area contributed by atoms with E-state index >= 15 is 0 Å². The van der Waals surface area contributed by atoms with Gasteiger partial charge in [0.15, 0.2) is 0 Å². The molecule has 163 valence electrons. The molecule has 0 aliphatic carbocycles. The standard InChI is InChI=1S/C5H5N.C4H8N2O2.C4H7N2O2.C4H9O.Co/c1-2-4-6-5-3-1;2*1-3(5-7)4(2)6-8;1-3-4(2)5;/h1-5H;7-8H,1-2H3;5H,1-2H3;3-5H,1-2H3;/q;;2*-1;/p-2. The molecule has 1 heterocycles. The molecule has 28 heavy (non-hydrogen) atoms. The van der Waals surface area contributed by atoms with Crippen molar-refractivity contribution >= 4 is 11.4 Å². The van der Waals surface area contributed by atoms with Crippen LogP contribution in [0.3, 0.4) is 0 Å². The van der Waals surface area contributed by atoms with Gasteiger partial charge in [0.1, 0.15) is 0 Å². The van der Waals surface area contributed by atoms with Crippen LogP contribution < -0.4 is 5.48 Å². The van der Waals surface area contributed by atoms with Crippen LogP contribution in [0.1, 0.15) is 41.5 Å². The minimum absolute atomic E-state index is 0.139. The van der Waals surface area contributed by atoms with Gasteiger partial charge < -0.3 is 32.3 Å². The third-order valence-corrected chi connectivity index (χ3v) is 3.14. The van der Waals surface area contributed by atoms with E-state index in [1.165, 1.54) is 27.7 Å². The van der Waals surface area contributed by atoms with Gasteiger partial charge in [0, 0.05) is 23.8 Å². The summed E-state index contributed by atoms with van der Waals surface area (Å²) in [5, 5.41) is 52.6. The number of nitrogens with zero attached hydrogens (tertiary/aromatic N) is 4. The molecular formula is C17H27CoN5O5-4. The maximum absolute atomic E-state index is 10.3. The molecule has 0 bridgehead atoms. The fourth-order valence-corrected chi connectivity index (χ4v) is 0.818. The maximum Gasteiger partial charge on any atom is 0.0267 e. The maximum atomic E-state index is 10.3. The molecular weight excluding hydrogens is 413 g/mol. The van der Waals surface area contributed by atoms with E-state index in [0.717, 1.165) is 0 Å². The molecule has 0 amide bonds. The van der Waals surface area contributed by atoms with Crippen LogP contribution in [0.5, 0.6) is 0 Å². The summed E-state index contributed by atoms with van der Waals surface area (Å²) < 4.78 is 0.327. The molecule has 1 unspecified atom stereocenters. The second kappa shape index (κ2) is 21.1. The van der Waals surface area contributed by atoms with E-state index in [1.54, 1.807) is 31.2 Å². The first-order valence-electron chi connectivity index (χ1n) is 7.92. The van der Waals surface area contributed by atoms with Crippen LogP contribution in [0.15, 0.2) is 52.3 Å². The van der Waals surface area contributed by atoms with Crippen LogP contribution in [0.4, 0.5) is 0 Å². The van der Waals surface area contributed by atoms with Gasteiger partial charge in [0.2, 0.25) is 0 Å². The molecule has 0 aliphatic rings. The van der Waals surface area contributed by atoms with Crippen LogP contribution in [0.25, 0.3) is 0 Å². The van der Waals surface area contributed by atoms with E-state index in [2.05, 4.69) is 30.8 Å². The number of aromatic nitrogens is 1. The fraction of sp³-hybridized carbons (Fsp3) is 0.412. The first kappa shape index (κ1) is 30.5. The normalized spacial score (nSPS) is 12.5. The quantitative estimate of drug-likeness (QED) is 0.412. The number of aliphatic hydroxyl groups is 1. The Labute approximate surface area is 173 Å². The van der Waals surface area contributed by atoms with Crippen molar-refractivity contribution in [1.29, 1.82) is 0 Å². The molecule has 1 rings (SSSR count). The second-order valence-corrected chi connectivity index (χ2v) is 5.41. The van der Waals surface area contributed by atoms with Crippen LogP contribution >= 0.6 is 0 Å². The zero-order chi connectivity index (χ0) is 22.5. The topological polar surface area (TPSA) is 165 Å². The Morgan fingerprint density at radius 2 is 1.50 bits per heavy atom. The van der Waals surface area contributed by atoms with E-state index in [9.17, 15) is 20.8 Å². The molecule has 0 fully saturated rings. The Morgan fingerprint density at radius 1 is 1.11 bits per heavy atom. The molecule has 0 spiro atoms. The van der Waals surface area contributed by atoms with Crippen molar-refractivity contribution in [3.05, 3.63) is 69.2 Å². The molecule has 2 N–H and O–H groups in total. The van der Waals surface area contributed by atoms with Crippen LogP contribution in [-0.2, 0) is 15.5 Å². The Kier molecular flexibility index (Phi) is 23.0. The SMILES string of the molecule is CC(=N[O-])C(C)=N[O-].CC(N[O-])=C(C)[N+]([O-])=[Co].C[CH-]C(C)O.c1ccncc1. The largest absolute Gasteiger partial charge is 0.425 e. The molecule has 1 atom stereocenters. The van der Waals surface area contributed by atoms with Gasteiger partial charge in [-0.3, -0.25) is 4.98 Å². The first-order valence-corrected chi connectivity index (χ1v) is 8.38. The number of rotatable bonds is 4. The van der Waals surface area contributed by atoms with Crippen molar-refractivity contribution in [2.24, 2.45) is 10.3 Å². The summed E-state index contributed by atoms with van der Waals surface area (Å²) in [6.45, 7) is 9.42. The predicted octanol–water partition coefficient (Wildman–Crippen LogP) is 3.14. The average Bonchev–Trinajstić information content (AvgIpc) is 2.73. The summed E-state index contributed by atoms with van der Waals surface area (Å²) >= 11 is 3.47. The number of pyridine rings is 1. The van der Waals surface area contributed by atoms with Gasteiger partial charge in [0.25, 0.3) is 0 Å². The van der Waals surface area contributed by atoms with E-state index < -0.39 is 0 Å². The Hall–Kier alpha value is -2.18. The van der Waals surface area contributed by atoms with Crippen molar-refractivity contribution in [3.63, 3.8) is 0 Å². The van der Waals surface area contributed by atoms with Gasteiger partial charge in [-0.15, -0.1) is 0 Å². The fourth-order valence-electron chi connectivity index (χ4n) is 0.643. The predicted molar refractivity (Wildman–Crippen MR) is 107 cm³/mol. The third kappa shape index (κ3) is 21.9. The minimum atomic E-state index is -0.241. The van der Waals surface area contributed by atoms with Gasteiger partial charge in [-0.25, -0.2) is 0 Å². The van der Waals surface area contributed by atoms with E-state index in [1.807, 2.05) is 25.1 Å². The van der Waals surface area contributed by atoms with Crippen molar-refractivity contribution in [2.75, 3.05) is 0 Å². The summed E-state index contributed by atoms with van der Waals surface area (Å²) in [5.74, 6) is 0. The van der Waals surface area contributed by atoms with Crippen molar-refractivity contribution in [3.8, 4) is 0 Å². The molecule has 10 nitrogen and oxygen atoms in total. The summed E-state index contributed by atoms with van der Waals surface area (Å²) in [4.78, 5) is 3.78. The molecule has 0 saturated carbocycles. The summed E-state index contributed by atoms with van der Waals surface area (Å²) in [6.07, 6.45) is 4.98. The zero-order valence-electron chi connectivity index (χ0n) is 16.7. The molecule has 11 heteroatoms. The molecule has 0 aromatic carbocycles. The number of allylic oxidation sites excluding steroid dienone is 2. The van der Waals surface area contributed by atoms with Gasteiger partial charge in [-0.1, -0.05) is 19.1 Å². The second-order valence-electron chi connectivity index (χ2n) is 4.99. The van der Waals surface area contributed by atoms with Crippen LogP contribution in [-0.4, -0.2) is 31.4 Å². The molecule has 0 saturated heterocycles. The molecule has 1 aromatic heterocycles. The Balaban J connectivity index is -0.000000304. The van der Waals surface area contributed by atoms with Crippen molar-refractivity contribution in [2.45, 2.75) is 47.6 Å². The van der Waals surface area contributed by atoms with Crippen LogP contribution in [0, 0.1) is 27.2 Å². The summed E-state index contributed by atoms with van der Waals surface area (Å²) in [6, 6.07) is 5.72. The van der Waals surface area contributed by atoms with Gasteiger partial charge in [-0.2, -0.15) is 6.92 Å². The number of hydrogen-bond acceptors (Lipinski definition) is 9. The van der Waals surface area contributed by atoms with E-state index in [4.69, 9.17) is 5.11 Å². The van der Waals surface area contributed by atoms with Gasteiger partial charge >= 0.3 is 60.4 Å². The zero-order valence-corrected chi connectivity index (χ0v) is 17.8. The minimum Gasteiger partial charge on any atom is -0.425 e.